The Morgan fingerprint density at radius 2 is 2.10 bits per heavy atom. The summed E-state index contributed by atoms with van der Waals surface area (Å²) in [5, 5.41) is 20.4. The smallest absolute Gasteiger partial charge is 0.335 e. The fourth-order valence-electron chi connectivity index (χ4n) is 1.75. The summed E-state index contributed by atoms with van der Waals surface area (Å²) in [6, 6.07) is 5.59. The van der Waals surface area contributed by atoms with E-state index in [2.05, 4.69) is 5.32 Å². The molecular formula is C14H16ClN3O3. The number of halogens is 1. The van der Waals surface area contributed by atoms with Crippen LogP contribution >= 0.6 is 11.6 Å². The lowest BCUT2D eigenvalue weighted by atomic mass is 10.2. The summed E-state index contributed by atoms with van der Waals surface area (Å²) < 4.78 is 0. The van der Waals surface area contributed by atoms with Crippen molar-refractivity contribution in [1.29, 1.82) is 5.26 Å². The van der Waals surface area contributed by atoms with Crippen LogP contribution in [0.4, 0.5) is 10.5 Å². The number of urea groups is 1. The molecular weight excluding hydrogens is 294 g/mol. The number of hydrogen-bond donors (Lipinski definition) is 2. The number of nitrogens with one attached hydrogen (secondary N) is 1. The lowest BCUT2D eigenvalue weighted by molar-refractivity contribution is 0.0697. The number of rotatable bonds is 5. The Morgan fingerprint density at radius 1 is 1.43 bits per heavy atom. The number of anilines is 1. The zero-order valence-corrected chi connectivity index (χ0v) is 12.5. The van der Waals surface area contributed by atoms with Crippen LogP contribution in [-0.4, -0.2) is 34.6 Å². The minimum absolute atomic E-state index is 0.00841. The largest absolute Gasteiger partial charge is 0.478 e. The lowest BCUT2D eigenvalue weighted by Crippen LogP contribution is -2.40. The molecule has 112 valence electrons. The first-order valence-corrected chi connectivity index (χ1v) is 6.71. The van der Waals surface area contributed by atoms with Gasteiger partial charge in [0.05, 0.1) is 18.1 Å². The lowest BCUT2D eigenvalue weighted by Gasteiger charge is -2.26. The Kier molecular flexibility index (Phi) is 6.00. The van der Waals surface area contributed by atoms with Gasteiger partial charge in [-0.2, -0.15) is 5.26 Å². The molecule has 1 aromatic rings. The molecule has 0 saturated heterocycles. The number of nitrogens with zero attached hydrogens (tertiary/aromatic N) is 2. The number of hydrogen-bond acceptors (Lipinski definition) is 3. The molecule has 0 saturated carbocycles. The van der Waals surface area contributed by atoms with Crippen molar-refractivity contribution in [2.24, 2.45) is 0 Å². The zero-order valence-electron chi connectivity index (χ0n) is 11.8. The predicted octanol–water partition coefficient (Wildman–Crippen LogP) is 3.19. The molecule has 1 aromatic carbocycles. The van der Waals surface area contributed by atoms with Gasteiger partial charge in [-0.05, 0) is 32.0 Å². The SMILES string of the molecule is CC(C)N(CCC#N)C(=O)Nc1cc(Cl)cc(C(=O)O)c1. The van der Waals surface area contributed by atoms with Gasteiger partial charge < -0.3 is 15.3 Å². The maximum absolute atomic E-state index is 12.2. The first-order valence-electron chi connectivity index (χ1n) is 6.33. The van der Waals surface area contributed by atoms with Gasteiger partial charge in [0, 0.05) is 23.3 Å². The van der Waals surface area contributed by atoms with Crippen LogP contribution in [0.2, 0.25) is 5.02 Å². The number of carboxylic acid groups (broad SMARTS) is 1. The molecule has 1 rings (SSSR count). The summed E-state index contributed by atoms with van der Waals surface area (Å²) in [6.45, 7) is 3.96. The van der Waals surface area contributed by atoms with E-state index in [0.717, 1.165) is 0 Å². The molecule has 0 fully saturated rings. The average molecular weight is 310 g/mol. The fourth-order valence-corrected chi connectivity index (χ4v) is 1.98. The number of benzene rings is 1. The first-order chi connectivity index (χ1) is 9.85. The molecule has 0 bridgehead atoms. The molecule has 2 N–H and O–H groups in total. The maximum Gasteiger partial charge on any atom is 0.335 e. The van der Waals surface area contributed by atoms with E-state index in [1.165, 1.54) is 23.1 Å². The second-order valence-electron chi connectivity index (χ2n) is 4.66. The van der Waals surface area contributed by atoms with E-state index in [9.17, 15) is 9.59 Å². The number of amides is 2. The minimum Gasteiger partial charge on any atom is -0.478 e. The van der Waals surface area contributed by atoms with Crippen molar-refractivity contribution in [3.63, 3.8) is 0 Å². The van der Waals surface area contributed by atoms with Crippen LogP contribution in [0.3, 0.4) is 0 Å². The number of nitriles is 1. The highest BCUT2D eigenvalue weighted by Crippen LogP contribution is 2.20. The summed E-state index contributed by atoms with van der Waals surface area (Å²) in [5.74, 6) is -1.13. The van der Waals surface area contributed by atoms with Gasteiger partial charge >= 0.3 is 12.0 Å². The Hall–Kier alpha value is -2.26. The highest BCUT2D eigenvalue weighted by molar-refractivity contribution is 6.31. The van der Waals surface area contributed by atoms with Crippen LogP contribution in [0, 0.1) is 11.3 Å². The first kappa shape index (κ1) is 16.8. The van der Waals surface area contributed by atoms with Crippen molar-refractivity contribution in [3.05, 3.63) is 28.8 Å². The van der Waals surface area contributed by atoms with E-state index in [-0.39, 0.29) is 23.0 Å². The second-order valence-corrected chi connectivity index (χ2v) is 5.10. The van der Waals surface area contributed by atoms with Gasteiger partial charge in [-0.25, -0.2) is 9.59 Å². The van der Waals surface area contributed by atoms with Crippen LogP contribution in [0.25, 0.3) is 0 Å². The molecule has 0 unspecified atom stereocenters. The zero-order chi connectivity index (χ0) is 16.0. The third kappa shape index (κ3) is 4.97. The van der Waals surface area contributed by atoms with Gasteiger partial charge in [0.25, 0.3) is 0 Å². The topological polar surface area (TPSA) is 93.4 Å². The summed E-state index contributed by atoms with van der Waals surface area (Å²) >= 11 is 5.83. The predicted molar refractivity (Wildman–Crippen MR) is 79.5 cm³/mol. The van der Waals surface area contributed by atoms with Crippen molar-refractivity contribution in [3.8, 4) is 6.07 Å². The molecule has 0 aliphatic heterocycles. The fraction of sp³-hybridized carbons (Fsp3) is 0.357. The maximum atomic E-state index is 12.2. The molecule has 21 heavy (non-hydrogen) atoms. The summed E-state index contributed by atoms with van der Waals surface area (Å²) in [6.07, 6.45) is 0.224. The Labute approximate surface area is 127 Å². The second kappa shape index (κ2) is 7.50. The molecule has 7 heteroatoms. The Balaban J connectivity index is 2.91. The highest BCUT2D eigenvalue weighted by Gasteiger charge is 2.17. The van der Waals surface area contributed by atoms with E-state index >= 15 is 0 Å². The Morgan fingerprint density at radius 3 is 2.62 bits per heavy atom. The van der Waals surface area contributed by atoms with E-state index in [1.54, 1.807) is 0 Å². The quantitative estimate of drug-likeness (QED) is 0.873. The molecule has 0 atom stereocenters. The van der Waals surface area contributed by atoms with Gasteiger partial charge in [-0.15, -0.1) is 0 Å². The van der Waals surface area contributed by atoms with Crippen LogP contribution in [0.1, 0.15) is 30.6 Å². The van der Waals surface area contributed by atoms with Crippen molar-refractivity contribution < 1.29 is 14.7 Å². The molecule has 0 aromatic heterocycles. The molecule has 0 aliphatic rings. The van der Waals surface area contributed by atoms with Crippen LogP contribution in [0.5, 0.6) is 0 Å². The number of carbonyl (C=O) groups excluding carboxylic acids is 1. The third-order valence-electron chi connectivity index (χ3n) is 2.74. The van der Waals surface area contributed by atoms with Gasteiger partial charge in [0.2, 0.25) is 0 Å². The molecule has 0 aliphatic carbocycles. The highest BCUT2D eigenvalue weighted by atomic mass is 35.5. The van der Waals surface area contributed by atoms with Crippen molar-refractivity contribution in [2.75, 3.05) is 11.9 Å². The molecule has 6 nitrogen and oxygen atoms in total. The van der Waals surface area contributed by atoms with Crippen LogP contribution < -0.4 is 5.32 Å². The molecule has 2 amide bonds. The standard InChI is InChI=1S/C14H16ClN3O3/c1-9(2)18(5-3-4-16)14(21)17-12-7-10(13(19)20)6-11(15)8-12/h6-9H,3,5H2,1-2H3,(H,17,21)(H,19,20). The molecule has 0 radical (unpaired) electrons. The molecule has 0 spiro atoms. The number of carboxylic acids is 1. The van der Waals surface area contributed by atoms with Gasteiger partial charge in [-0.1, -0.05) is 11.6 Å². The van der Waals surface area contributed by atoms with Crippen molar-refractivity contribution >= 4 is 29.3 Å². The van der Waals surface area contributed by atoms with E-state index < -0.39 is 12.0 Å². The van der Waals surface area contributed by atoms with E-state index in [4.69, 9.17) is 22.0 Å². The summed E-state index contributed by atoms with van der Waals surface area (Å²) in [7, 11) is 0. The van der Waals surface area contributed by atoms with Gasteiger partial charge in [0.1, 0.15) is 0 Å². The van der Waals surface area contributed by atoms with Crippen LogP contribution in [-0.2, 0) is 0 Å². The minimum atomic E-state index is -1.13. The third-order valence-corrected chi connectivity index (χ3v) is 2.96. The van der Waals surface area contributed by atoms with E-state index in [1.807, 2.05) is 19.9 Å². The molecule has 0 heterocycles. The summed E-state index contributed by atoms with van der Waals surface area (Å²) in [5.41, 5.74) is 0.290. The normalized spacial score (nSPS) is 10.0. The van der Waals surface area contributed by atoms with Crippen molar-refractivity contribution in [2.45, 2.75) is 26.3 Å². The number of aromatic carboxylic acids is 1. The van der Waals surface area contributed by atoms with Crippen LogP contribution in [0.15, 0.2) is 18.2 Å². The summed E-state index contributed by atoms with van der Waals surface area (Å²) in [4.78, 5) is 24.6. The average Bonchev–Trinajstić information content (AvgIpc) is 2.37. The van der Waals surface area contributed by atoms with E-state index in [0.29, 0.717) is 12.2 Å². The Bertz CT molecular complexity index is 581. The van der Waals surface area contributed by atoms with Gasteiger partial charge in [0.15, 0.2) is 0 Å². The number of carbonyl (C=O) groups is 2. The van der Waals surface area contributed by atoms with Crippen molar-refractivity contribution in [1.82, 2.24) is 4.90 Å². The van der Waals surface area contributed by atoms with Gasteiger partial charge in [-0.3, -0.25) is 0 Å². The monoisotopic (exact) mass is 309 g/mol.